The van der Waals surface area contributed by atoms with Crippen molar-refractivity contribution in [1.29, 1.82) is 0 Å². The molecule has 0 saturated heterocycles. The lowest BCUT2D eigenvalue weighted by atomic mass is 10.2. The van der Waals surface area contributed by atoms with Crippen molar-refractivity contribution in [2.45, 2.75) is 25.8 Å². The quantitative estimate of drug-likeness (QED) is 0.710. The molecule has 2 aromatic rings. The van der Waals surface area contributed by atoms with Crippen LogP contribution in [-0.4, -0.2) is 16.7 Å². The minimum Gasteiger partial charge on any atom is -0.497 e. The van der Waals surface area contributed by atoms with Crippen LogP contribution in [0.5, 0.6) is 5.75 Å². The Morgan fingerprint density at radius 1 is 1.33 bits per heavy atom. The Kier molecular flexibility index (Phi) is 1.91. The fraction of sp³-hybridized carbons (Fsp3) is 0.417. The topological polar surface area (TPSA) is 27.1 Å². The molecule has 0 unspecified atom stereocenters. The van der Waals surface area contributed by atoms with Gasteiger partial charge in [-0.15, -0.1) is 0 Å². The Morgan fingerprint density at radius 3 is 3.13 bits per heavy atom. The first-order valence-corrected chi connectivity index (χ1v) is 5.41. The number of rotatable bonds is 1. The van der Waals surface area contributed by atoms with Gasteiger partial charge in [-0.3, -0.25) is 0 Å². The molecule has 1 aromatic carbocycles. The van der Waals surface area contributed by atoms with E-state index in [2.05, 4.69) is 15.6 Å². The van der Waals surface area contributed by atoms with Crippen LogP contribution < -0.4 is 4.74 Å². The van der Waals surface area contributed by atoms with Crippen LogP contribution in [0.2, 0.25) is 0 Å². The number of hydrogen-bond donors (Lipinski definition) is 0. The van der Waals surface area contributed by atoms with Crippen molar-refractivity contribution in [3.63, 3.8) is 0 Å². The zero-order valence-corrected chi connectivity index (χ0v) is 8.86. The number of benzene rings is 1. The Balaban J connectivity index is 2.22. The highest BCUT2D eigenvalue weighted by Gasteiger charge is 2.14. The van der Waals surface area contributed by atoms with Crippen LogP contribution in [-0.2, 0) is 13.0 Å². The van der Waals surface area contributed by atoms with Gasteiger partial charge in [0.15, 0.2) is 0 Å². The molecule has 0 spiro atoms. The molecule has 0 radical (unpaired) electrons. The smallest absolute Gasteiger partial charge is 0.121 e. The number of fused-ring (bicyclic) bond motifs is 3. The van der Waals surface area contributed by atoms with E-state index in [1.165, 1.54) is 24.2 Å². The predicted molar refractivity (Wildman–Crippen MR) is 59.2 cm³/mol. The van der Waals surface area contributed by atoms with Crippen LogP contribution in [0.25, 0.3) is 11.0 Å². The van der Waals surface area contributed by atoms with E-state index >= 15 is 0 Å². The van der Waals surface area contributed by atoms with Gasteiger partial charge in [0.2, 0.25) is 0 Å². The molecule has 0 amide bonds. The van der Waals surface area contributed by atoms with Crippen molar-refractivity contribution >= 4 is 11.0 Å². The van der Waals surface area contributed by atoms with Gasteiger partial charge in [-0.2, -0.15) is 0 Å². The van der Waals surface area contributed by atoms with Crippen molar-refractivity contribution in [3.8, 4) is 5.75 Å². The lowest BCUT2D eigenvalue weighted by Crippen LogP contribution is -2.09. The van der Waals surface area contributed by atoms with E-state index in [0.29, 0.717) is 0 Å². The van der Waals surface area contributed by atoms with Gasteiger partial charge in [-0.05, 0) is 25.0 Å². The highest BCUT2D eigenvalue weighted by molar-refractivity contribution is 5.77. The number of aromatic nitrogens is 2. The molecule has 3 heteroatoms. The Hall–Kier alpha value is -1.51. The van der Waals surface area contributed by atoms with Crippen LogP contribution in [0.15, 0.2) is 18.2 Å². The minimum absolute atomic E-state index is 0.887. The molecule has 2 heterocycles. The van der Waals surface area contributed by atoms with E-state index in [0.717, 1.165) is 24.2 Å². The number of hydrogen-bond acceptors (Lipinski definition) is 2. The van der Waals surface area contributed by atoms with Gasteiger partial charge in [0.1, 0.15) is 11.6 Å². The molecule has 1 aliphatic heterocycles. The molecule has 78 valence electrons. The van der Waals surface area contributed by atoms with Gasteiger partial charge < -0.3 is 9.30 Å². The third-order valence-corrected chi connectivity index (χ3v) is 3.07. The molecule has 3 nitrogen and oxygen atoms in total. The van der Waals surface area contributed by atoms with Gasteiger partial charge in [0, 0.05) is 19.0 Å². The molecular formula is C12H14N2O. The maximum Gasteiger partial charge on any atom is 0.121 e. The number of methoxy groups -OCH3 is 1. The Bertz CT molecular complexity index is 502. The van der Waals surface area contributed by atoms with Crippen molar-refractivity contribution in [2.24, 2.45) is 0 Å². The third-order valence-electron chi connectivity index (χ3n) is 3.07. The first kappa shape index (κ1) is 8.77. The second kappa shape index (κ2) is 3.26. The summed E-state index contributed by atoms with van der Waals surface area (Å²) in [6, 6.07) is 6.13. The van der Waals surface area contributed by atoms with Crippen molar-refractivity contribution in [2.75, 3.05) is 7.11 Å². The number of nitrogens with zero attached hydrogens (tertiary/aromatic N) is 2. The molecule has 0 N–H and O–H groups in total. The molecule has 3 rings (SSSR count). The summed E-state index contributed by atoms with van der Waals surface area (Å²) in [5.74, 6) is 2.11. The van der Waals surface area contributed by atoms with Gasteiger partial charge in [-0.1, -0.05) is 0 Å². The van der Waals surface area contributed by atoms with E-state index in [1.807, 2.05) is 12.1 Å². The van der Waals surface area contributed by atoms with Gasteiger partial charge >= 0.3 is 0 Å². The highest BCUT2D eigenvalue weighted by atomic mass is 16.5. The fourth-order valence-electron chi connectivity index (χ4n) is 2.28. The van der Waals surface area contributed by atoms with E-state index in [9.17, 15) is 0 Å². The lowest BCUT2D eigenvalue weighted by molar-refractivity contribution is 0.415. The van der Waals surface area contributed by atoms with E-state index in [4.69, 9.17) is 4.74 Å². The standard InChI is InChI=1S/C12H14N2O/c1-15-9-5-6-11-10(8-9)13-12-4-2-3-7-14(11)12/h5-6,8H,2-4,7H2,1H3. The summed E-state index contributed by atoms with van der Waals surface area (Å²) in [6.07, 6.45) is 3.64. The average molecular weight is 202 g/mol. The van der Waals surface area contributed by atoms with Gasteiger partial charge in [-0.25, -0.2) is 4.98 Å². The van der Waals surface area contributed by atoms with Crippen molar-refractivity contribution in [3.05, 3.63) is 24.0 Å². The van der Waals surface area contributed by atoms with Crippen LogP contribution in [0.4, 0.5) is 0 Å². The second-order valence-corrected chi connectivity index (χ2v) is 3.99. The molecule has 0 aliphatic carbocycles. The largest absolute Gasteiger partial charge is 0.497 e. The number of ether oxygens (including phenoxy) is 1. The SMILES string of the molecule is COc1ccc2c(c1)nc1n2CCCC1. The monoisotopic (exact) mass is 202 g/mol. The zero-order valence-electron chi connectivity index (χ0n) is 8.86. The highest BCUT2D eigenvalue weighted by Crippen LogP contribution is 2.25. The van der Waals surface area contributed by atoms with Gasteiger partial charge in [0.05, 0.1) is 18.1 Å². The first-order valence-electron chi connectivity index (χ1n) is 5.41. The van der Waals surface area contributed by atoms with E-state index in [-0.39, 0.29) is 0 Å². The predicted octanol–water partition coefficient (Wildman–Crippen LogP) is 2.38. The van der Waals surface area contributed by atoms with Crippen LogP contribution in [0.1, 0.15) is 18.7 Å². The Morgan fingerprint density at radius 2 is 2.27 bits per heavy atom. The summed E-state index contributed by atoms with van der Waals surface area (Å²) in [5.41, 5.74) is 2.30. The second-order valence-electron chi connectivity index (χ2n) is 3.99. The fourth-order valence-corrected chi connectivity index (χ4v) is 2.28. The van der Waals surface area contributed by atoms with Crippen molar-refractivity contribution in [1.82, 2.24) is 9.55 Å². The zero-order chi connectivity index (χ0) is 10.3. The summed E-state index contributed by atoms with van der Waals surface area (Å²) in [6.45, 7) is 1.11. The lowest BCUT2D eigenvalue weighted by Gasteiger charge is -2.13. The van der Waals surface area contributed by atoms with Gasteiger partial charge in [0.25, 0.3) is 0 Å². The summed E-state index contributed by atoms with van der Waals surface area (Å²) < 4.78 is 7.54. The van der Waals surface area contributed by atoms with Crippen molar-refractivity contribution < 1.29 is 4.74 Å². The summed E-state index contributed by atoms with van der Waals surface area (Å²) in [5, 5.41) is 0. The summed E-state index contributed by atoms with van der Waals surface area (Å²) in [7, 11) is 1.69. The van der Waals surface area contributed by atoms with Crippen LogP contribution >= 0.6 is 0 Å². The average Bonchev–Trinajstić information content (AvgIpc) is 2.66. The van der Waals surface area contributed by atoms with E-state index in [1.54, 1.807) is 7.11 Å². The molecule has 1 aliphatic rings. The first-order chi connectivity index (χ1) is 7.38. The maximum absolute atomic E-state index is 5.21. The molecule has 0 saturated carbocycles. The molecule has 0 atom stereocenters. The normalized spacial score (nSPS) is 15.3. The molecular weight excluding hydrogens is 188 g/mol. The molecule has 0 bridgehead atoms. The van der Waals surface area contributed by atoms with E-state index < -0.39 is 0 Å². The van der Waals surface area contributed by atoms with Crippen LogP contribution in [0.3, 0.4) is 0 Å². The maximum atomic E-state index is 5.21. The number of imidazole rings is 1. The molecule has 15 heavy (non-hydrogen) atoms. The third kappa shape index (κ3) is 1.30. The minimum atomic E-state index is 0.887. The Labute approximate surface area is 88.7 Å². The van der Waals surface area contributed by atoms with Crippen LogP contribution in [0, 0.1) is 0 Å². The molecule has 1 aromatic heterocycles. The molecule has 0 fully saturated rings. The number of aryl methyl sites for hydroxylation is 2. The summed E-state index contributed by atoms with van der Waals surface area (Å²) >= 11 is 0. The summed E-state index contributed by atoms with van der Waals surface area (Å²) in [4.78, 5) is 4.64.